The van der Waals surface area contributed by atoms with Crippen molar-refractivity contribution in [2.45, 2.75) is 119 Å². The Morgan fingerprint density at radius 1 is 0.700 bits per heavy atom. The van der Waals surface area contributed by atoms with Crippen LogP contribution in [-0.2, 0) is 4.79 Å². The third-order valence-electron chi connectivity index (χ3n) is 13.2. The summed E-state index contributed by atoms with van der Waals surface area (Å²) in [6, 6.07) is 0. The largest absolute Gasteiger partial charge is 0.299 e. The zero-order valence-electron chi connectivity index (χ0n) is 21.1. The molecule has 5 saturated carbocycles. The van der Waals surface area contributed by atoms with Crippen LogP contribution in [0.15, 0.2) is 0 Å². The van der Waals surface area contributed by atoms with Gasteiger partial charge in [0.2, 0.25) is 0 Å². The van der Waals surface area contributed by atoms with E-state index in [2.05, 4.69) is 48.5 Å². The molecule has 0 N–H and O–H groups in total. The van der Waals surface area contributed by atoms with Crippen molar-refractivity contribution in [3.05, 3.63) is 0 Å². The second-order valence-corrected chi connectivity index (χ2v) is 14.5. The molecular formula is C29H48O. The Labute approximate surface area is 186 Å². The monoisotopic (exact) mass is 412 g/mol. The maximum Gasteiger partial charge on any atom is 0.136 e. The van der Waals surface area contributed by atoms with Gasteiger partial charge >= 0.3 is 0 Å². The quantitative estimate of drug-likeness (QED) is 0.393. The average Bonchev–Trinajstić information content (AvgIpc) is 2.67. The van der Waals surface area contributed by atoms with E-state index in [9.17, 15) is 4.79 Å². The lowest BCUT2D eigenvalue weighted by atomic mass is 9.31. The van der Waals surface area contributed by atoms with Crippen LogP contribution in [0.2, 0.25) is 0 Å². The summed E-state index contributed by atoms with van der Waals surface area (Å²) < 4.78 is 0. The molecule has 0 bridgehead atoms. The molecule has 0 aromatic heterocycles. The van der Waals surface area contributed by atoms with Gasteiger partial charge in [0.15, 0.2) is 0 Å². The summed E-state index contributed by atoms with van der Waals surface area (Å²) >= 11 is 0. The molecule has 0 saturated heterocycles. The first kappa shape index (κ1) is 21.5. The lowest BCUT2D eigenvalue weighted by Gasteiger charge is -2.73. The van der Waals surface area contributed by atoms with Gasteiger partial charge in [-0.2, -0.15) is 0 Å². The Balaban J connectivity index is 1.53. The fourth-order valence-corrected chi connectivity index (χ4v) is 10.9. The molecule has 0 aliphatic heterocycles. The number of carbonyl (C=O) groups excluding carboxylic acids is 1. The first-order valence-electron chi connectivity index (χ1n) is 13.4. The highest BCUT2D eigenvalue weighted by molar-refractivity contribution is 5.82. The van der Waals surface area contributed by atoms with E-state index in [1.807, 2.05) is 0 Å². The van der Waals surface area contributed by atoms with E-state index in [1.54, 1.807) is 0 Å². The first-order valence-corrected chi connectivity index (χ1v) is 13.4. The lowest BCUT2D eigenvalue weighted by molar-refractivity contribution is -0.242. The van der Waals surface area contributed by atoms with Gasteiger partial charge in [0.1, 0.15) is 5.78 Å². The Morgan fingerprint density at radius 2 is 1.40 bits per heavy atom. The number of hydrogen-bond donors (Lipinski definition) is 0. The summed E-state index contributed by atoms with van der Waals surface area (Å²) in [6.45, 7) is 18.0. The number of hydrogen-bond acceptors (Lipinski definition) is 1. The van der Waals surface area contributed by atoms with Crippen molar-refractivity contribution in [1.29, 1.82) is 0 Å². The van der Waals surface area contributed by atoms with Crippen molar-refractivity contribution >= 4 is 5.78 Å². The molecule has 0 amide bonds. The Morgan fingerprint density at radius 3 is 2.13 bits per heavy atom. The summed E-state index contributed by atoms with van der Waals surface area (Å²) in [6.07, 6.45) is 14.8. The van der Waals surface area contributed by atoms with Gasteiger partial charge in [0, 0.05) is 12.3 Å². The van der Waals surface area contributed by atoms with Crippen LogP contribution in [0.3, 0.4) is 0 Å². The highest BCUT2D eigenvalue weighted by Gasteiger charge is 2.69. The lowest BCUT2D eigenvalue weighted by Crippen LogP contribution is -2.66. The molecule has 1 nitrogen and oxygen atoms in total. The van der Waals surface area contributed by atoms with Crippen LogP contribution >= 0.6 is 0 Å². The predicted molar refractivity (Wildman–Crippen MR) is 125 cm³/mol. The normalized spacial score (nSPS) is 57.6. The zero-order chi connectivity index (χ0) is 21.7. The average molecular weight is 413 g/mol. The molecular weight excluding hydrogens is 364 g/mol. The third-order valence-corrected chi connectivity index (χ3v) is 13.2. The molecule has 0 aromatic carbocycles. The number of fused-ring (bicyclic) bond motifs is 7. The molecule has 5 fully saturated rings. The van der Waals surface area contributed by atoms with Crippen molar-refractivity contribution in [2.75, 3.05) is 0 Å². The number of carbonyl (C=O) groups is 1. The minimum Gasteiger partial charge on any atom is -0.299 e. The molecule has 9 atom stereocenters. The fourth-order valence-electron chi connectivity index (χ4n) is 10.9. The molecule has 30 heavy (non-hydrogen) atoms. The number of rotatable bonds is 0. The molecule has 5 aliphatic carbocycles. The smallest absolute Gasteiger partial charge is 0.136 e. The van der Waals surface area contributed by atoms with Crippen LogP contribution in [0.25, 0.3) is 0 Å². The third kappa shape index (κ3) is 2.56. The molecule has 0 spiro atoms. The Hall–Kier alpha value is -0.330. The van der Waals surface area contributed by atoms with Crippen molar-refractivity contribution in [3.63, 3.8) is 0 Å². The number of ketones is 1. The summed E-state index contributed by atoms with van der Waals surface area (Å²) in [7, 11) is 0. The van der Waals surface area contributed by atoms with Crippen LogP contribution in [-0.4, -0.2) is 5.78 Å². The van der Waals surface area contributed by atoms with Crippen molar-refractivity contribution in [1.82, 2.24) is 0 Å². The maximum atomic E-state index is 12.7. The Kier molecular flexibility index (Phi) is 4.57. The molecule has 0 heterocycles. The van der Waals surface area contributed by atoms with Gasteiger partial charge in [-0.1, -0.05) is 48.5 Å². The van der Waals surface area contributed by atoms with E-state index in [0.717, 1.165) is 30.1 Å². The van der Waals surface area contributed by atoms with E-state index in [1.165, 1.54) is 64.2 Å². The minimum atomic E-state index is 0.245. The van der Waals surface area contributed by atoms with E-state index < -0.39 is 0 Å². The van der Waals surface area contributed by atoms with E-state index >= 15 is 0 Å². The van der Waals surface area contributed by atoms with E-state index in [0.29, 0.717) is 27.4 Å². The zero-order valence-corrected chi connectivity index (χ0v) is 21.1. The maximum absolute atomic E-state index is 12.7. The van der Waals surface area contributed by atoms with Gasteiger partial charge in [-0.3, -0.25) is 4.79 Å². The first-order chi connectivity index (χ1) is 13.9. The van der Waals surface area contributed by atoms with Gasteiger partial charge in [-0.25, -0.2) is 0 Å². The van der Waals surface area contributed by atoms with E-state index in [4.69, 9.17) is 0 Å². The van der Waals surface area contributed by atoms with Crippen molar-refractivity contribution < 1.29 is 4.79 Å². The molecule has 5 aliphatic rings. The second-order valence-electron chi connectivity index (χ2n) is 14.5. The number of Topliss-reactive ketones (excluding diaryl/α,β-unsaturated/α-hetero) is 1. The Bertz CT molecular complexity index is 737. The molecule has 170 valence electrons. The van der Waals surface area contributed by atoms with Crippen LogP contribution in [0, 0.1) is 56.7 Å². The SMILES string of the molecule is CC1C(=O)CCC2C1(C)CCC1C2(C)CCC2(C)C3CC(C)(C)CCC3CCC12C. The summed E-state index contributed by atoms with van der Waals surface area (Å²) in [5.74, 6) is 4.34. The van der Waals surface area contributed by atoms with Gasteiger partial charge < -0.3 is 0 Å². The highest BCUT2D eigenvalue weighted by Crippen LogP contribution is 2.76. The summed E-state index contributed by atoms with van der Waals surface area (Å²) in [5, 5.41) is 0. The predicted octanol–water partition coefficient (Wildman–Crippen LogP) is 8.07. The van der Waals surface area contributed by atoms with Crippen LogP contribution < -0.4 is 0 Å². The van der Waals surface area contributed by atoms with Gasteiger partial charge in [0.25, 0.3) is 0 Å². The van der Waals surface area contributed by atoms with Crippen LogP contribution in [0.4, 0.5) is 0 Å². The van der Waals surface area contributed by atoms with Gasteiger partial charge in [-0.15, -0.1) is 0 Å². The van der Waals surface area contributed by atoms with Crippen molar-refractivity contribution in [3.8, 4) is 0 Å². The van der Waals surface area contributed by atoms with E-state index in [-0.39, 0.29) is 11.3 Å². The molecule has 9 unspecified atom stereocenters. The van der Waals surface area contributed by atoms with Crippen LogP contribution in [0.1, 0.15) is 119 Å². The van der Waals surface area contributed by atoms with Gasteiger partial charge in [-0.05, 0) is 115 Å². The minimum absolute atomic E-state index is 0.245. The summed E-state index contributed by atoms with van der Waals surface area (Å²) in [4.78, 5) is 12.7. The molecule has 1 heteroatoms. The fraction of sp³-hybridized carbons (Fsp3) is 0.966. The highest BCUT2D eigenvalue weighted by atomic mass is 16.1. The molecule has 0 aromatic rings. The van der Waals surface area contributed by atoms with Crippen LogP contribution in [0.5, 0.6) is 0 Å². The van der Waals surface area contributed by atoms with Crippen molar-refractivity contribution in [2.24, 2.45) is 56.7 Å². The second kappa shape index (κ2) is 6.38. The standard InChI is InChI=1S/C29H48O/c1-19-22(30)8-9-23-26(19,4)14-12-24-27(23,5)16-17-28(6)21-18-25(2,3)13-10-20(21)11-15-29(24,28)7/h19-21,23-24H,8-18H2,1-7H3. The topological polar surface area (TPSA) is 17.1 Å². The molecule has 5 rings (SSSR count). The summed E-state index contributed by atoms with van der Waals surface area (Å²) in [5.41, 5.74) is 2.22. The molecule has 0 radical (unpaired) electrons. The van der Waals surface area contributed by atoms with Gasteiger partial charge in [0.05, 0.1) is 0 Å².